The highest BCUT2D eigenvalue weighted by Crippen LogP contribution is 2.35. The topological polar surface area (TPSA) is 131 Å². The van der Waals surface area contributed by atoms with Gasteiger partial charge in [0.2, 0.25) is 0 Å². The van der Waals surface area contributed by atoms with Gasteiger partial charge in [-0.05, 0) is 49.3 Å². The quantitative estimate of drug-likeness (QED) is 0.302. The van der Waals surface area contributed by atoms with Crippen LogP contribution >= 0.6 is 11.8 Å². The monoisotopic (exact) mass is 514 g/mol. The van der Waals surface area contributed by atoms with Gasteiger partial charge in [-0.25, -0.2) is 9.97 Å². The van der Waals surface area contributed by atoms with Crippen LogP contribution in [0.25, 0.3) is 11.0 Å². The number of aliphatic hydroxyl groups excluding tert-OH is 2. The molecule has 10 heteroatoms. The molecule has 36 heavy (non-hydrogen) atoms. The Balaban J connectivity index is 1.20. The molecule has 0 radical (unpaired) electrons. The fourth-order valence-electron chi connectivity index (χ4n) is 4.72. The van der Waals surface area contributed by atoms with Crippen LogP contribution in [0.2, 0.25) is 0 Å². The fraction of sp³-hybridized carbons (Fsp3) is 0.577. The van der Waals surface area contributed by atoms with Crippen molar-refractivity contribution in [1.82, 2.24) is 24.8 Å². The molecule has 4 heterocycles. The number of aromatic nitrogens is 4. The smallest absolute Gasteiger partial charge is 0.164 e. The number of ether oxygens (including phenoxy) is 1. The van der Waals surface area contributed by atoms with Gasteiger partial charge in [0.15, 0.2) is 6.23 Å². The highest BCUT2D eigenvalue weighted by molar-refractivity contribution is 7.99. The molecule has 0 unspecified atom stereocenters. The lowest BCUT2D eigenvalue weighted by Crippen LogP contribution is -2.32. The van der Waals surface area contributed by atoms with Gasteiger partial charge in [0.1, 0.15) is 30.0 Å². The summed E-state index contributed by atoms with van der Waals surface area (Å²) in [4.78, 5) is 13.0. The molecule has 4 atom stereocenters. The van der Waals surface area contributed by atoms with E-state index in [1.165, 1.54) is 11.9 Å². The zero-order valence-electron chi connectivity index (χ0n) is 21.5. The predicted octanol–water partition coefficient (Wildman–Crippen LogP) is 2.94. The molecule has 0 amide bonds. The second kappa shape index (κ2) is 11.4. The van der Waals surface area contributed by atoms with E-state index in [1.54, 1.807) is 16.3 Å². The van der Waals surface area contributed by atoms with E-state index in [9.17, 15) is 10.2 Å². The summed E-state index contributed by atoms with van der Waals surface area (Å²) in [5.74, 6) is 1.97. The molecule has 1 saturated heterocycles. The van der Waals surface area contributed by atoms with Crippen LogP contribution < -0.4 is 11.1 Å². The molecule has 3 aromatic rings. The van der Waals surface area contributed by atoms with Crippen molar-refractivity contribution in [3.63, 3.8) is 0 Å². The summed E-state index contributed by atoms with van der Waals surface area (Å²) in [6, 6.07) is 4.14. The molecular weight excluding hydrogens is 476 g/mol. The first-order valence-corrected chi connectivity index (χ1v) is 13.7. The van der Waals surface area contributed by atoms with Crippen LogP contribution in [-0.2, 0) is 16.7 Å². The van der Waals surface area contributed by atoms with Crippen molar-refractivity contribution >= 4 is 28.6 Å². The van der Waals surface area contributed by atoms with E-state index < -0.39 is 24.5 Å². The molecule has 0 aromatic carbocycles. The van der Waals surface area contributed by atoms with Crippen LogP contribution in [0.5, 0.6) is 0 Å². The summed E-state index contributed by atoms with van der Waals surface area (Å²) in [6.45, 7) is 10.2. The maximum Gasteiger partial charge on any atom is 0.164 e. The highest BCUT2D eigenvalue weighted by atomic mass is 32.2. The Morgan fingerprint density at radius 3 is 2.75 bits per heavy atom. The summed E-state index contributed by atoms with van der Waals surface area (Å²) in [6.07, 6.45) is 4.05. The van der Waals surface area contributed by atoms with E-state index >= 15 is 0 Å². The largest absolute Gasteiger partial charge is 0.387 e. The van der Waals surface area contributed by atoms with Crippen molar-refractivity contribution < 1.29 is 14.9 Å². The third-order valence-corrected chi connectivity index (χ3v) is 7.67. The number of nitrogens with two attached hydrogens (primary N) is 1. The second-order valence-corrected chi connectivity index (χ2v) is 11.6. The van der Waals surface area contributed by atoms with Crippen molar-refractivity contribution in [3.8, 4) is 0 Å². The average molecular weight is 515 g/mol. The Labute approximate surface area is 216 Å². The fourth-order valence-corrected chi connectivity index (χ4v) is 5.80. The number of fused-ring (bicyclic) bond motifs is 1. The van der Waals surface area contributed by atoms with Gasteiger partial charge in [-0.15, -0.1) is 0 Å². The number of thioether (sulfide) groups is 1. The standard InChI is InChI=1S/C26H38N6O3S/c1-16-13-32(24-19(16)23(27)30-15-31-24)25-21(34)20(33)18(35-25)14-36-11-6-5-9-28-12-17-8-7-10-29-22(17)26(2,3)4/h7-8,10,13,15,18,20-21,25,28,33-34H,5-6,9,11-12,14H2,1-4H3,(H2,27,30,31)/t18-,20-,21-,25-/m1/s1. The molecule has 0 saturated carbocycles. The Morgan fingerprint density at radius 1 is 1.17 bits per heavy atom. The highest BCUT2D eigenvalue weighted by Gasteiger charge is 2.44. The van der Waals surface area contributed by atoms with Gasteiger partial charge in [0.05, 0.1) is 17.2 Å². The minimum absolute atomic E-state index is 0.0305. The van der Waals surface area contributed by atoms with Gasteiger partial charge in [0.25, 0.3) is 0 Å². The number of unbranched alkanes of at least 4 members (excludes halogenated alkanes) is 1. The molecule has 0 aliphatic carbocycles. The third kappa shape index (κ3) is 5.84. The number of hydrogen-bond acceptors (Lipinski definition) is 9. The van der Waals surface area contributed by atoms with Crippen molar-refractivity contribution in [3.05, 3.63) is 47.7 Å². The number of nitrogens with one attached hydrogen (secondary N) is 1. The molecule has 5 N–H and O–H groups in total. The number of aryl methyl sites for hydroxylation is 1. The van der Waals surface area contributed by atoms with E-state index in [0.29, 0.717) is 17.2 Å². The first-order valence-electron chi connectivity index (χ1n) is 12.5. The summed E-state index contributed by atoms with van der Waals surface area (Å²) >= 11 is 1.74. The summed E-state index contributed by atoms with van der Waals surface area (Å²) < 4.78 is 7.84. The number of rotatable bonds is 10. The summed E-state index contributed by atoms with van der Waals surface area (Å²) in [5.41, 5.74) is 9.93. The van der Waals surface area contributed by atoms with Gasteiger partial charge < -0.3 is 30.6 Å². The SMILES string of the molecule is Cc1cn([C@@H]2O[C@H](CSCCCCNCc3cccnc3C(C)(C)C)[C@@H](O)[C@H]2O)c2ncnc(N)c12. The van der Waals surface area contributed by atoms with E-state index in [2.05, 4.69) is 47.1 Å². The van der Waals surface area contributed by atoms with Gasteiger partial charge >= 0.3 is 0 Å². The van der Waals surface area contributed by atoms with Crippen molar-refractivity contribution in [2.45, 2.75) is 77.0 Å². The van der Waals surface area contributed by atoms with Crippen LogP contribution in [0.4, 0.5) is 5.82 Å². The van der Waals surface area contributed by atoms with Crippen LogP contribution in [0, 0.1) is 6.92 Å². The van der Waals surface area contributed by atoms with Crippen LogP contribution in [0.3, 0.4) is 0 Å². The van der Waals surface area contributed by atoms with Gasteiger partial charge in [-0.2, -0.15) is 11.8 Å². The van der Waals surface area contributed by atoms with E-state index in [0.717, 1.165) is 48.3 Å². The number of pyridine rings is 1. The molecule has 1 aliphatic heterocycles. The van der Waals surface area contributed by atoms with Crippen LogP contribution in [-0.4, -0.2) is 66.1 Å². The zero-order valence-corrected chi connectivity index (χ0v) is 22.3. The molecule has 1 aliphatic rings. The molecular formula is C26H38N6O3S. The Kier molecular flexibility index (Phi) is 8.52. The molecule has 4 rings (SSSR count). The number of aliphatic hydroxyl groups is 2. The van der Waals surface area contributed by atoms with E-state index in [-0.39, 0.29) is 5.41 Å². The average Bonchev–Trinajstić information content (AvgIpc) is 3.32. The minimum atomic E-state index is -1.04. The predicted molar refractivity (Wildman–Crippen MR) is 144 cm³/mol. The van der Waals surface area contributed by atoms with Gasteiger partial charge in [-0.3, -0.25) is 4.98 Å². The molecule has 0 spiro atoms. The molecule has 1 fully saturated rings. The maximum atomic E-state index is 10.7. The van der Waals surface area contributed by atoms with E-state index in [4.69, 9.17) is 10.5 Å². The Morgan fingerprint density at radius 2 is 1.97 bits per heavy atom. The number of anilines is 1. The maximum absolute atomic E-state index is 10.7. The number of nitrogens with zero attached hydrogens (tertiary/aromatic N) is 4. The molecule has 0 bridgehead atoms. The number of nitrogen functional groups attached to an aromatic ring is 1. The molecule has 9 nitrogen and oxygen atoms in total. The Bertz CT molecular complexity index is 1160. The Hall–Kier alpha value is -2.24. The first kappa shape index (κ1) is 26.8. The normalized spacial score (nSPS) is 22.5. The zero-order chi connectivity index (χ0) is 25.9. The van der Waals surface area contributed by atoms with Crippen molar-refractivity contribution in [1.29, 1.82) is 0 Å². The van der Waals surface area contributed by atoms with Crippen molar-refractivity contribution in [2.75, 3.05) is 23.8 Å². The lowest BCUT2D eigenvalue weighted by molar-refractivity contribution is -0.0286. The van der Waals surface area contributed by atoms with Crippen LogP contribution in [0.1, 0.15) is 56.7 Å². The lowest BCUT2D eigenvalue weighted by Gasteiger charge is -2.21. The lowest BCUT2D eigenvalue weighted by atomic mass is 9.88. The van der Waals surface area contributed by atoms with Gasteiger partial charge in [0, 0.05) is 30.1 Å². The molecule has 3 aromatic heterocycles. The number of hydrogen-bond donors (Lipinski definition) is 4. The van der Waals surface area contributed by atoms with Crippen molar-refractivity contribution in [2.24, 2.45) is 0 Å². The second-order valence-electron chi connectivity index (χ2n) is 10.4. The summed E-state index contributed by atoms with van der Waals surface area (Å²) in [5, 5.41) is 25.6. The minimum Gasteiger partial charge on any atom is -0.387 e. The summed E-state index contributed by atoms with van der Waals surface area (Å²) in [7, 11) is 0. The van der Waals surface area contributed by atoms with E-state index in [1.807, 2.05) is 25.4 Å². The first-order chi connectivity index (χ1) is 17.2. The third-order valence-electron chi connectivity index (χ3n) is 6.53. The van der Waals surface area contributed by atoms with Gasteiger partial charge in [-0.1, -0.05) is 26.8 Å². The molecule has 196 valence electrons. The van der Waals surface area contributed by atoms with Crippen LogP contribution in [0.15, 0.2) is 30.9 Å².